The summed E-state index contributed by atoms with van der Waals surface area (Å²) in [7, 11) is 2.19. The number of aromatic nitrogens is 2. The number of aliphatic carboxylic acids is 2. The number of halogens is 6. The number of Topliss-reactive ketones (excluding diaryl/α,β-unsaturated/α-hetero) is 1. The van der Waals surface area contributed by atoms with Gasteiger partial charge in [-0.1, -0.05) is 19.8 Å². The van der Waals surface area contributed by atoms with Crippen LogP contribution in [0.15, 0.2) is 24.4 Å². The molecule has 12 nitrogen and oxygen atoms in total. The second-order valence-corrected chi connectivity index (χ2v) is 11.5. The van der Waals surface area contributed by atoms with Crippen LogP contribution in [-0.4, -0.2) is 74.3 Å². The van der Waals surface area contributed by atoms with E-state index in [0.29, 0.717) is 31.8 Å². The van der Waals surface area contributed by atoms with Crippen LogP contribution in [0.2, 0.25) is 0 Å². The predicted molar refractivity (Wildman–Crippen MR) is 155 cm³/mol. The molecule has 2 aromatic rings. The van der Waals surface area contributed by atoms with Crippen molar-refractivity contribution in [3.05, 3.63) is 30.2 Å². The molecule has 0 saturated carbocycles. The Balaban J connectivity index is 0.000000500. The summed E-state index contributed by atoms with van der Waals surface area (Å²) in [5.74, 6) is -3.06. The van der Waals surface area contributed by atoms with Gasteiger partial charge in [0.25, 0.3) is 5.82 Å². The molecule has 2 aliphatic rings. The van der Waals surface area contributed by atoms with E-state index in [1.807, 2.05) is 31.3 Å². The van der Waals surface area contributed by atoms with E-state index >= 15 is 0 Å². The highest BCUT2D eigenvalue weighted by Crippen LogP contribution is 2.34. The van der Waals surface area contributed by atoms with E-state index in [2.05, 4.69) is 22.3 Å². The quantitative estimate of drug-likeness (QED) is 0.227. The lowest BCUT2D eigenvalue weighted by Crippen LogP contribution is -3.10. The summed E-state index contributed by atoms with van der Waals surface area (Å²) in [6, 6.07) is 5.80. The van der Waals surface area contributed by atoms with Crippen molar-refractivity contribution in [1.29, 1.82) is 0 Å². The molecule has 0 unspecified atom stereocenters. The number of likely N-dealkylation sites (tertiary alicyclic amines) is 1. The van der Waals surface area contributed by atoms with Gasteiger partial charge >= 0.3 is 12.4 Å². The number of fused-ring (bicyclic) bond motifs is 1. The van der Waals surface area contributed by atoms with Crippen molar-refractivity contribution < 1.29 is 75.1 Å². The normalized spacial score (nSPS) is 17.7. The summed E-state index contributed by atoms with van der Waals surface area (Å²) in [5.41, 5.74) is 1.94. The third kappa shape index (κ3) is 14.3. The molecule has 0 spiro atoms. The lowest BCUT2D eigenvalue weighted by atomic mass is 9.95. The second kappa shape index (κ2) is 19.0. The number of alkyl halides is 6. The molecule has 1 aromatic heterocycles. The third-order valence-corrected chi connectivity index (χ3v) is 7.68. The Hall–Kier alpha value is -4.35. The molecule has 0 radical (unpaired) electrons. The minimum Gasteiger partial charge on any atom is -0.542 e. The summed E-state index contributed by atoms with van der Waals surface area (Å²) in [6.07, 6.45) is -1.68. The Morgan fingerprint density at radius 2 is 1.53 bits per heavy atom. The van der Waals surface area contributed by atoms with Crippen molar-refractivity contribution >= 4 is 23.6 Å². The van der Waals surface area contributed by atoms with E-state index in [1.165, 1.54) is 4.90 Å². The van der Waals surface area contributed by atoms with Gasteiger partial charge in [0.05, 0.1) is 20.1 Å². The topological polar surface area (TPSA) is 179 Å². The first kappa shape index (κ1) is 40.8. The number of benzene rings is 1. The number of carbonyl (C=O) groups is 4. The highest BCUT2D eigenvalue weighted by atomic mass is 19.4. The Kier molecular flexibility index (Phi) is 15.8. The van der Waals surface area contributed by atoms with Gasteiger partial charge in [-0.3, -0.25) is 9.59 Å². The maximum absolute atomic E-state index is 13.1. The van der Waals surface area contributed by atoms with Crippen LogP contribution in [0, 0.1) is 5.92 Å². The SMILES string of the molecule is CCC(=O)CCCCC[C@H](NC(=O)C1CC[NH+](C)CC1)c1[nH]c(-c2ccc3c(c2)OCCO3)c[nH+]1.O=C([O-])C(F)(F)F.O=C([O-])C(F)(F)F. The van der Waals surface area contributed by atoms with Gasteiger partial charge in [0, 0.05) is 37.2 Å². The van der Waals surface area contributed by atoms with Gasteiger partial charge in [0.2, 0.25) is 5.91 Å². The number of H-pyrrole nitrogens is 2. The van der Waals surface area contributed by atoms with E-state index in [1.54, 1.807) is 0 Å². The average molecular weight is 711 g/mol. The number of rotatable bonds is 11. The average Bonchev–Trinajstić information content (AvgIpc) is 3.54. The lowest BCUT2D eigenvalue weighted by molar-refractivity contribution is -0.885. The van der Waals surface area contributed by atoms with Crippen LogP contribution in [0.25, 0.3) is 11.3 Å². The summed E-state index contributed by atoms with van der Waals surface area (Å²) >= 11 is 0. The van der Waals surface area contributed by atoms with E-state index in [0.717, 1.165) is 80.2 Å². The van der Waals surface area contributed by atoms with E-state index < -0.39 is 24.3 Å². The van der Waals surface area contributed by atoms with Crippen LogP contribution in [0.1, 0.15) is 70.2 Å². The smallest absolute Gasteiger partial charge is 0.430 e. The highest BCUT2D eigenvalue weighted by Gasteiger charge is 2.31. The van der Waals surface area contributed by atoms with Crippen molar-refractivity contribution in [3.8, 4) is 22.8 Å². The van der Waals surface area contributed by atoms with E-state index in [4.69, 9.17) is 29.3 Å². The molecule has 0 bridgehead atoms. The second-order valence-electron chi connectivity index (χ2n) is 11.5. The molecular weight excluding hydrogens is 670 g/mol. The van der Waals surface area contributed by atoms with Gasteiger partial charge in [0.15, 0.2) is 17.2 Å². The van der Waals surface area contributed by atoms with Crippen LogP contribution in [-0.2, 0) is 19.2 Å². The van der Waals surface area contributed by atoms with Crippen LogP contribution < -0.4 is 34.9 Å². The number of aromatic amines is 2. The first-order valence-corrected chi connectivity index (χ1v) is 15.6. The van der Waals surface area contributed by atoms with Crippen molar-refractivity contribution in [1.82, 2.24) is 10.3 Å². The number of ketones is 1. The first-order chi connectivity index (χ1) is 22.9. The molecule has 2 aliphatic heterocycles. The molecule has 18 heteroatoms. The van der Waals surface area contributed by atoms with Gasteiger partial charge in [-0.15, -0.1) is 0 Å². The van der Waals surface area contributed by atoms with Crippen molar-refractivity contribution in [3.63, 3.8) is 0 Å². The molecule has 1 atom stereocenters. The first-order valence-electron chi connectivity index (χ1n) is 15.6. The number of imidazole rings is 1. The Morgan fingerprint density at radius 3 is 2.08 bits per heavy atom. The zero-order valence-corrected chi connectivity index (χ0v) is 27.0. The van der Waals surface area contributed by atoms with E-state index in [-0.39, 0.29) is 17.9 Å². The lowest BCUT2D eigenvalue weighted by Gasteiger charge is -2.26. The maximum atomic E-state index is 13.1. The highest BCUT2D eigenvalue weighted by molar-refractivity contribution is 5.79. The summed E-state index contributed by atoms with van der Waals surface area (Å²) in [5, 5.41) is 20.9. The molecule has 3 heterocycles. The van der Waals surface area contributed by atoms with Crippen LogP contribution in [0.3, 0.4) is 0 Å². The number of hydrogen-bond acceptors (Lipinski definition) is 8. The molecule has 1 aromatic carbocycles. The number of piperidine rings is 1. The summed E-state index contributed by atoms with van der Waals surface area (Å²) in [4.78, 5) is 50.7. The summed E-state index contributed by atoms with van der Waals surface area (Å²) < 4.78 is 74.5. The third-order valence-electron chi connectivity index (χ3n) is 7.68. The molecule has 4 N–H and O–H groups in total. The van der Waals surface area contributed by atoms with Crippen molar-refractivity contribution in [2.24, 2.45) is 5.92 Å². The fourth-order valence-electron chi connectivity index (χ4n) is 4.90. The van der Waals surface area contributed by atoms with Crippen LogP contribution >= 0.6 is 0 Å². The Morgan fingerprint density at radius 1 is 0.959 bits per heavy atom. The number of hydrogen-bond donors (Lipinski definition) is 3. The summed E-state index contributed by atoms with van der Waals surface area (Å²) in [6.45, 7) is 5.11. The van der Waals surface area contributed by atoms with Gasteiger partial charge in [0.1, 0.15) is 43.2 Å². The predicted octanol–water partition coefficient (Wildman–Crippen LogP) is 0.876. The van der Waals surface area contributed by atoms with Gasteiger partial charge in [-0.05, 0) is 31.0 Å². The van der Waals surface area contributed by atoms with Crippen molar-refractivity contribution in [2.75, 3.05) is 33.4 Å². The number of amides is 1. The molecule has 274 valence electrons. The van der Waals surface area contributed by atoms with Gasteiger partial charge < -0.3 is 39.5 Å². The molecule has 4 rings (SSSR count). The minimum atomic E-state index is -5.19. The monoisotopic (exact) mass is 710 g/mol. The Bertz CT molecular complexity index is 1370. The minimum absolute atomic E-state index is 0.0793. The molecule has 1 saturated heterocycles. The molecular formula is C31H40F6N4O8. The van der Waals surface area contributed by atoms with Crippen LogP contribution in [0.5, 0.6) is 11.5 Å². The molecule has 49 heavy (non-hydrogen) atoms. The van der Waals surface area contributed by atoms with Crippen LogP contribution in [0.4, 0.5) is 26.3 Å². The molecule has 1 fully saturated rings. The fourth-order valence-corrected chi connectivity index (χ4v) is 4.90. The number of carboxylic acids is 2. The van der Waals surface area contributed by atoms with Crippen molar-refractivity contribution in [2.45, 2.75) is 76.7 Å². The molecule has 1 amide bonds. The number of carbonyl (C=O) groups excluding carboxylic acids is 4. The number of ether oxygens (including phenoxy) is 2. The van der Waals surface area contributed by atoms with E-state index in [9.17, 15) is 35.9 Å². The Labute approximate surface area is 278 Å². The largest absolute Gasteiger partial charge is 0.542 e. The number of carboxylic acid groups (broad SMARTS) is 2. The zero-order valence-electron chi connectivity index (χ0n) is 27.0. The zero-order chi connectivity index (χ0) is 36.8. The van der Waals surface area contributed by atoms with Gasteiger partial charge in [-0.25, -0.2) is 9.97 Å². The maximum Gasteiger partial charge on any atom is 0.430 e. The standard InChI is InChI=1S/C27H38N4O4.2C2HF3O2/c1-3-21(32)7-5-4-6-8-22(30-27(33)19-11-13-31(2)14-12-19)26-28-18-23(29-26)20-9-10-24-25(17-20)35-16-15-34-24;2*3-2(4,5)1(6)7/h9-10,17-19,22H,3-8,11-16H2,1-2H3,(H,28,29)(H,30,33);2*(H,6,7)/t22-;;/m0../s1. The number of nitrogens with one attached hydrogen (secondary N) is 4. The number of unbranched alkanes of at least 4 members (excludes halogenated alkanes) is 2. The molecule has 0 aliphatic carbocycles. The fraction of sp³-hybridized carbons (Fsp3) is 0.581. The number of quaternary nitrogens is 1. The van der Waals surface area contributed by atoms with Gasteiger partial charge in [-0.2, -0.15) is 26.3 Å².